The molecule has 0 atom stereocenters. The Hall–Kier alpha value is -3.84. The summed E-state index contributed by atoms with van der Waals surface area (Å²) in [5, 5.41) is 9.43. The summed E-state index contributed by atoms with van der Waals surface area (Å²) >= 11 is 1.66. The summed E-state index contributed by atoms with van der Waals surface area (Å²) in [4.78, 5) is 29.7. The zero-order valence-electron chi connectivity index (χ0n) is 17.6. The molecule has 1 N–H and O–H groups in total. The maximum atomic E-state index is 12.7. The molecule has 5 aromatic rings. The van der Waals surface area contributed by atoms with Crippen molar-refractivity contribution in [3.05, 3.63) is 88.3 Å². The standard InChI is InChI=1S/C25H20N4O2S/c1-15-7-12-20-22(13-15)32-24(27-20)16-8-10-17(11-9-16)26-23(30)14-21-18-5-3-4-6-19(18)25(31)29(2)28-21/h3-13H,14H2,1-2H3,(H,26,30). The minimum Gasteiger partial charge on any atom is -0.326 e. The number of hydrogen-bond donors (Lipinski definition) is 1. The fourth-order valence-corrected chi connectivity index (χ4v) is 4.78. The van der Waals surface area contributed by atoms with Crippen LogP contribution in [0.5, 0.6) is 0 Å². The second-order valence-corrected chi connectivity index (χ2v) is 8.74. The van der Waals surface area contributed by atoms with Gasteiger partial charge in [0.2, 0.25) is 5.91 Å². The van der Waals surface area contributed by atoms with Gasteiger partial charge in [0.15, 0.2) is 0 Å². The van der Waals surface area contributed by atoms with E-state index >= 15 is 0 Å². The highest BCUT2D eigenvalue weighted by molar-refractivity contribution is 7.21. The molecule has 0 spiro atoms. The lowest BCUT2D eigenvalue weighted by Crippen LogP contribution is -2.24. The van der Waals surface area contributed by atoms with Crippen LogP contribution in [0.4, 0.5) is 5.69 Å². The van der Waals surface area contributed by atoms with Crippen LogP contribution < -0.4 is 10.9 Å². The number of nitrogens with one attached hydrogen (secondary N) is 1. The fraction of sp³-hybridized carbons (Fsp3) is 0.120. The molecular weight excluding hydrogens is 420 g/mol. The predicted molar refractivity (Wildman–Crippen MR) is 129 cm³/mol. The molecule has 5 rings (SSSR count). The summed E-state index contributed by atoms with van der Waals surface area (Å²) in [7, 11) is 1.60. The van der Waals surface area contributed by atoms with Crippen LogP contribution in [0.1, 0.15) is 11.3 Å². The van der Waals surface area contributed by atoms with Crippen molar-refractivity contribution >= 4 is 43.9 Å². The van der Waals surface area contributed by atoms with Crippen LogP contribution in [0.3, 0.4) is 0 Å². The first-order chi connectivity index (χ1) is 15.5. The summed E-state index contributed by atoms with van der Waals surface area (Å²) in [5.41, 5.74) is 4.31. The van der Waals surface area contributed by atoms with Crippen molar-refractivity contribution < 1.29 is 4.79 Å². The van der Waals surface area contributed by atoms with Crippen LogP contribution in [-0.2, 0) is 18.3 Å². The molecule has 0 radical (unpaired) electrons. The van der Waals surface area contributed by atoms with Gasteiger partial charge in [-0.2, -0.15) is 5.10 Å². The number of anilines is 1. The Morgan fingerprint density at radius 1 is 1.03 bits per heavy atom. The summed E-state index contributed by atoms with van der Waals surface area (Å²) in [6.07, 6.45) is 0.0770. The number of rotatable bonds is 4. The average Bonchev–Trinajstić information content (AvgIpc) is 3.21. The van der Waals surface area contributed by atoms with Gasteiger partial charge in [0.25, 0.3) is 5.56 Å². The molecule has 2 heterocycles. The summed E-state index contributed by atoms with van der Waals surface area (Å²) in [5.74, 6) is -0.190. The molecule has 32 heavy (non-hydrogen) atoms. The van der Waals surface area contributed by atoms with E-state index in [1.165, 1.54) is 10.2 Å². The van der Waals surface area contributed by atoms with Crippen molar-refractivity contribution in [1.82, 2.24) is 14.8 Å². The number of carbonyl (C=O) groups excluding carboxylic acids is 1. The molecule has 0 aliphatic rings. The number of benzene rings is 3. The number of nitrogens with zero attached hydrogens (tertiary/aromatic N) is 3. The largest absolute Gasteiger partial charge is 0.326 e. The third-order valence-electron chi connectivity index (χ3n) is 5.32. The molecule has 0 unspecified atom stereocenters. The average molecular weight is 441 g/mol. The Morgan fingerprint density at radius 2 is 1.78 bits per heavy atom. The molecule has 1 amide bonds. The van der Waals surface area contributed by atoms with Gasteiger partial charge >= 0.3 is 0 Å². The van der Waals surface area contributed by atoms with E-state index in [0.717, 1.165) is 20.8 Å². The van der Waals surface area contributed by atoms with E-state index in [4.69, 9.17) is 4.98 Å². The second kappa shape index (κ2) is 8.01. The van der Waals surface area contributed by atoms with E-state index in [-0.39, 0.29) is 17.9 Å². The molecular formula is C25H20N4O2S. The second-order valence-electron chi connectivity index (χ2n) is 7.71. The molecule has 6 nitrogen and oxygen atoms in total. The molecule has 0 fully saturated rings. The molecule has 0 aliphatic heterocycles. The third kappa shape index (κ3) is 3.78. The van der Waals surface area contributed by atoms with Crippen molar-refractivity contribution in [2.45, 2.75) is 13.3 Å². The zero-order chi connectivity index (χ0) is 22.2. The quantitative estimate of drug-likeness (QED) is 0.439. The zero-order valence-corrected chi connectivity index (χ0v) is 18.4. The number of aryl methyl sites for hydroxylation is 2. The van der Waals surface area contributed by atoms with Crippen molar-refractivity contribution in [3.63, 3.8) is 0 Å². The van der Waals surface area contributed by atoms with Gasteiger partial charge in [0.05, 0.1) is 27.7 Å². The van der Waals surface area contributed by atoms with Crippen molar-refractivity contribution in [1.29, 1.82) is 0 Å². The number of hydrogen-bond acceptors (Lipinski definition) is 5. The van der Waals surface area contributed by atoms with Crippen LogP contribution in [0.2, 0.25) is 0 Å². The molecule has 0 bridgehead atoms. The summed E-state index contributed by atoms with van der Waals surface area (Å²) < 4.78 is 2.44. The van der Waals surface area contributed by atoms with Crippen molar-refractivity contribution in [2.75, 3.05) is 5.32 Å². The first-order valence-corrected chi connectivity index (χ1v) is 11.0. The van der Waals surface area contributed by atoms with E-state index < -0.39 is 0 Å². The SMILES string of the molecule is Cc1ccc2nc(-c3ccc(NC(=O)Cc4nn(C)c(=O)c5ccccc45)cc3)sc2c1. The Bertz CT molecular complexity index is 1530. The van der Waals surface area contributed by atoms with E-state index in [9.17, 15) is 9.59 Å². The highest BCUT2D eigenvalue weighted by Crippen LogP contribution is 2.31. The summed E-state index contributed by atoms with van der Waals surface area (Å²) in [6.45, 7) is 2.07. The number of aromatic nitrogens is 3. The molecule has 0 saturated carbocycles. The Labute approximate surface area is 188 Å². The number of amides is 1. The number of thiazole rings is 1. The van der Waals surface area contributed by atoms with Gasteiger partial charge < -0.3 is 5.32 Å². The Balaban J connectivity index is 1.35. The lowest BCUT2D eigenvalue weighted by molar-refractivity contribution is -0.115. The van der Waals surface area contributed by atoms with Crippen LogP contribution in [-0.4, -0.2) is 20.7 Å². The van der Waals surface area contributed by atoms with E-state index in [0.29, 0.717) is 22.2 Å². The van der Waals surface area contributed by atoms with Gasteiger partial charge in [-0.05, 0) is 55.0 Å². The Kier molecular flexibility index (Phi) is 5.03. The predicted octanol–water partition coefficient (Wildman–Crippen LogP) is 4.70. The molecule has 7 heteroatoms. The first kappa shape index (κ1) is 20.1. The topological polar surface area (TPSA) is 76.9 Å². The van der Waals surface area contributed by atoms with Crippen LogP contribution >= 0.6 is 11.3 Å². The van der Waals surface area contributed by atoms with Gasteiger partial charge in [-0.25, -0.2) is 9.67 Å². The maximum Gasteiger partial charge on any atom is 0.274 e. The normalized spacial score (nSPS) is 11.2. The smallest absolute Gasteiger partial charge is 0.274 e. The van der Waals surface area contributed by atoms with Gasteiger partial charge in [-0.3, -0.25) is 9.59 Å². The van der Waals surface area contributed by atoms with Crippen LogP contribution in [0.15, 0.2) is 71.5 Å². The Morgan fingerprint density at radius 3 is 2.56 bits per heavy atom. The van der Waals surface area contributed by atoms with Crippen molar-refractivity contribution in [3.8, 4) is 10.6 Å². The molecule has 0 saturated heterocycles. The van der Waals surface area contributed by atoms with Crippen molar-refractivity contribution in [2.24, 2.45) is 7.05 Å². The maximum absolute atomic E-state index is 12.7. The number of fused-ring (bicyclic) bond motifs is 2. The lowest BCUT2D eigenvalue weighted by Gasteiger charge is -2.09. The third-order valence-corrected chi connectivity index (χ3v) is 6.39. The first-order valence-electron chi connectivity index (χ1n) is 10.2. The monoisotopic (exact) mass is 440 g/mol. The molecule has 158 valence electrons. The lowest BCUT2D eigenvalue weighted by atomic mass is 10.1. The van der Waals surface area contributed by atoms with Gasteiger partial charge in [-0.1, -0.05) is 24.3 Å². The summed E-state index contributed by atoms with van der Waals surface area (Å²) in [6, 6.07) is 21.1. The van der Waals surface area contributed by atoms with Crippen LogP contribution in [0.25, 0.3) is 31.6 Å². The minimum atomic E-state index is -0.190. The minimum absolute atomic E-state index is 0.0770. The fourth-order valence-electron chi connectivity index (χ4n) is 3.72. The van der Waals surface area contributed by atoms with E-state index in [1.54, 1.807) is 24.5 Å². The molecule has 0 aliphatic carbocycles. The van der Waals surface area contributed by atoms with Gasteiger partial charge in [-0.15, -0.1) is 11.3 Å². The van der Waals surface area contributed by atoms with E-state index in [1.807, 2.05) is 48.5 Å². The van der Waals surface area contributed by atoms with Crippen LogP contribution in [0, 0.1) is 6.92 Å². The molecule has 2 aromatic heterocycles. The molecule has 3 aromatic carbocycles. The number of carbonyl (C=O) groups is 1. The highest BCUT2D eigenvalue weighted by Gasteiger charge is 2.13. The van der Waals surface area contributed by atoms with E-state index in [2.05, 4.69) is 29.5 Å². The van der Waals surface area contributed by atoms with Gasteiger partial charge in [0.1, 0.15) is 5.01 Å². The highest BCUT2D eigenvalue weighted by atomic mass is 32.1. The van der Waals surface area contributed by atoms with Gasteiger partial charge in [0, 0.05) is 23.7 Å².